The van der Waals surface area contributed by atoms with Crippen LogP contribution in [-0.4, -0.2) is 41.3 Å². The SMILES string of the molecule is CC(C)(C)OC(=O)NC[C@H](NC(=O)c1ccc(C#Cc2ccccc2)cc1)C(=O)NO. The van der Waals surface area contributed by atoms with Crippen LogP contribution in [0.5, 0.6) is 0 Å². The zero-order valence-electron chi connectivity index (χ0n) is 17.6. The zero-order chi connectivity index (χ0) is 22.9. The highest BCUT2D eigenvalue weighted by Gasteiger charge is 2.23. The van der Waals surface area contributed by atoms with Crippen LogP contribution in [0.3, 0.4) is 0 Å². The van der Waals surface area contributed by atoms with Crippen molar-refractivity contribution < 1.29 is 24.3 Å². The van der Waals surface area contributed by atoms with Crippen molar-refractivity contribution >= 4 is 17.9 Å². The Morgan fingerprint density at radius 3 is 2.10 bits per heavy atom. The van der Waals surface area contributed by atoms with Gasteiger partial charge in [0.25, 0.3) is 11.8 Å². The Hall–Kier alpha value is -3.83. The van der Waals surface area contributed by atoms with E-state index in [2.05, 4.69) is 22.5 Å². The smallest absolute Gasteiger partial charge is 0.407 e. The molecule has 0 aliphatic rings. The van der Waals surface area contributed by atoms with Crippen LogP contribution in [-0.2, 0) is 9.53 Å². The Morgan fingerprint density at radius 2 is 1.55 bits per heavy atom. The molecule has 2 rings (SSSR count). The van der Waals surface area contributed by atoms with E-state index < -0.39 is 29.6 Å². The summed E-state index contributed by atoms with van der Waals surface area (Å²) in [5.41, 5.74) is 2.64. The average molecular weight is 423 g/mol. The van der Waals surface area contributed by atoms with E-state index >= 15 is 0 Å². The fourth-order valence-electron chi connectivity index (χ4n) is 2.40. The molecule has 2 aromatic carbocycles. The van der Waals surface area contributed by atoms with Crippen molar-refractivity contribution in [3.05, 3.63) is 71.3 Å². The third kappa shape index (κ3) is 8.20. The van der Waals surface area contributed by atoms with Crippen molar-refractivity contribution in [3.8, 4) is 11.8 Å². The number of benzene rings is 2. The predicted molar refractivity (Wildman–Crippen MR) is 114 cm³/mol. The molecule has 0 heterocycles. The lowest BCUT2D eigenvalue weighted by atomic mass is 10.1. The van der Waals surface area contributed by atoms with E-state index in [1.54, 1.807) is 45.0 Å². The Kier molecular flexibility index (Phi) is 8.17. The van der Waals surface area contributed by atoms with Gasteiger partial charge in [-0.15, -0.1) is 0 Å². The highest BCUT2D eigenvalue weighted by atomic mass is 16.6. The fourth-order valence-corrected chi connectivity index (χ4v) is 2.40. The molecule has 0 aromatic heterocycles. The lowest BCUT2D eigenvalue weighted by Crippen LogP contribution is -2.52. The Balaban J connectivity index is 2.00. The quantitative estimate of drug-likeness (QED) is 0.334. The second-order valence-electron chi connectivity index (χ2n) is 7.58. The zero-order valence-corrected chi connectivity index (χ0v) is 17.6. The Labute approximate surface area is 180 Å². The topological polar surface area (TPSA) is 117 Å². The van der Waals surface area contributed by atoms with Crippen LogP contribution in [0.1, 0.15) is 42.3 Å². The molecule has 0 saturated carbocycles. The number of amides is 3. The summed E-state index contributed by atoms with van der Waals surface area (Å²) in [5.74, 6) is 4.60. The van der Waals surface area contributed by atoms with Crippen LogP contribution >= 0.6 is 0 Å². The van der Waals surface area contributed by atoms with E-state index in [1.807, 2.05) is 30.3 Å². The Morgan fingerprint density at radius 1 is 0.968 bits per heavy atom. The van der Waals surface area contributed by atoms with Gasteiger partial charge in [-0.2, -0.15) is 0 Å². The largest absolute Gasteiger partial charge is 0.444 e. The highest BCUT2D eigenvalue weighted by Crippen LogP contribution is 2.07. The minimum atomic E-state index is -1.21. The van der Waals surface area contributed by atoms with Gasteiger partial charge in [0.2, 0.25) is 0 Å². The predicted octanol–water partition coefficient (Wildman–Crippen LogP) is 2.21. The van der Waals surface area contributed by atoms with Gasteiger partial charge in [0.15, 0.2) is 0 Å². The van der Waals surface area contributed by atoms with Crippen LogP contribution in [0.25, 0.3) is 0 Å². The summed E-state index contributed by atoms with van der Waals surface area (Å²) in [6, 6.07) is 14.8. The van der Waals surface area contributed by atoms with Crippen LogP contribution in [0.4, 0.5) is 4.79 Å². The van der Waals surface area contributed by atoms with Crippen molar-refractivity contribution in [1.29, 1.82) is 0 Å². The molecule has 0 fully saturated rings. The van der Waals surface area contributed by atoms with E-state index in [0.29, 0.717) is 5.56 Å². The molecule has 0 saturated heterocycles. The number of carbonyl (C=O) groups excluding carboxylic acids is 3. The first-order valence-electron chi connectivity index (χ1n) is 9.57. The maximum atomic E-state index is 12.5. The number of hydroxylamine groups is 1. The molecule has 8 heteroatoms. The molecule has 2 aromatic rings. The number of hydrogen-bond acceptors (Lipinski definition) is 5. The number of hydrogen-bond donors (Lipinski definition) is 4. The van der Waals surface area contributed by atoms with Crippen LogP contribution in [0.2, 0.25) is 0 Å². The van der Waals surface area contributed by atoms with Crippen molar-refractivity contribution in [2.24, 2.45) is 0 Å². The normalized spacial score (nSPS) is 11.4. The van der Waals surface area contributed by atoms with Gasteiger partial charge in [0.05, 0.1) is 6.54 Å². The van der Waals surface area contributed by atoms with E-state index in [9.17, 15) is 14.4 Å². The molecular weight excluding hydrogens is 398 g/mol. The maximum Gasteiger partial charge on any atom is 0.407 e. The van der Waals surface area contributed by atoms with Crippen LogP contribution < -0.4 is 16.1 Å². The first kappa shape index (κ1) is 23.4. The van der Waals surface area contributed by atoms with E-state index in [0.717, 1.165) is 11.1 Å². The summed E-state index contributed by atoms with van der Waals surface area (Å²) in [5, 5.41) is 13.8. The number of alkyl carbamates (subject to hydrolysis) is 1. The molecule has 162 valence electrons. The summed E-state index contributed by atoms with van der Waals surface area (Å²) < 4.78 is 5.09. The highest BCUT2D eigenvalue weighted by molar-refractivity contribution is 5.97. The minimum Gasteiger partial charge on any atom is -0.444 e. The molecule has 0 aliphatic carbocycles. The standard InChI is InChI=1S/C23H25N3O5/c1-23(2,3)31-22(29)24-15-19(21(28)26-30)25-20(27)18-13-11-17(12-14-18)10-9-16-7-5-4-6-8-16/h4-8,11-14,19,30H,15H2,1-3H3,(H,24,29)(H,25,27)(H,26,28)/t19-/m0/s1. The molecule has 0 bridgehead atoms. The second-order valence-corrected chi connectivity index (χ2v) is 7.58. The molecule has 1 atom stereocenters. The monoisotopic (exact) mass is 423 g/mol. The molecule has 0 spiro atoms. The van der Waals surface area contributed by atoms with Crippen molar-refractivity contribution in [3.63, 3.8) is 0 Å². The summed E-state index contributed by atoms with van der Waals surface area (Å²) in [4.78, 5) is 36.1. The maximum absolute atomic E-state index is 12.5. The van der Waals surface area contributed by atoms with Crippen molar-refractivity contribution in [2.45, 2.75) is 32.4 Å². The number of rotatable bonds is 5. The van der Waals surface area contributed by atoms with Crippen LogP contribution in [0, 0.1) is 11.8 Å². The fraction of sp³-hybridized carbons (Fsp3) is 0.261. The first-order chi connectivity index (χ1) is 14.7. The van der Waals surface area contributed by atoms with E-state index in [4.69, 9.17) is 9.94 Å². The average Bonchev–Trinajstić information content (AvgIpc) is 2.74. The van der Waals surface area contributed by atoms with Gasteiger partial charge in [-0.3, -0.25) is 14.8 Å². The third-order valence-corrected chi connectivity index (χ3v) is 3.85. The first-order valence-corrected chi connectivity index (χ1v) is 9.57. The molecule has 8 nitrogen and oxygen atoms in total. The number of nitrogens with one attached hydrogen (secondary N) is 3. The van der Waals surface area contributed by atoms with Crippen molar-refractivity contribution in [2.75, 3.05) is 6.54 Å². The van der Waals surface area contributed by atoms with Gasteiger partial charge >= 0.3 is 6.09 Å². The van der Waals surface area contributed by atoms with Gasteiger partial charge in [0.1, 0.15) is 11.6 Å². The summed E-state index contributed by atoms with van der Waals surface area (Å²) >= 11 is 0. The summed E-state index contributed by atoms with van der Waals surface area (Å²) in [6.45, 7) is 4.81. The molecular formula is C23H25N3O5. The molecule has 3 amide bonds. The van der Waals surface area contributed by atoms with Gasteiger partial charge in [-0.1, -0.05) is 30.0 Å². The number of carbonyl (C=O) groups is 3. The second kappa shape index (κ2) is 10.8. The third-order valence-electron chi connectivity index (χ3n) is 3.85. The van der Waals surface area contributed by atoms with Crippen molar-refractivity contribution in [1.82, 2.24) is 16.1 Å². The molecule has 0 unspecified atom stereocenters. The van der Waals surface area contributed by atoms with E-state index in [1.165, 1.54) is 5.48 Å². The Bertz CT molecular complexity index is 970. The van der Waals surface area contributed by atoms with Crippen LogP contribution in [0.15, 0.2) is 54.6 Å². The molecule has 0 aliphatic heterocycles. The molecule has 4 N–H and O–H groups in total. The van der Waals surface area contributed by atoms with Gasteiger partial charge in [-0.05, 0) is 57.2 Å². The minimum absolute atomic E-state index is 0.270. The number of ether oxygens (including phenoxy) is 1. The van der Waals surface area contributed by atoms with Gasteiger partial charge < -0.3 is 15.4 Å². The van der Waals surface area contributed by atoms with Gasteiger partial charge in [0, 0.05) is 16.7 Å². The van der Waals surface area contributed by atoms with Gasteiger partial charge in [-0.25, -0.2) is 10.3 Å². The molecule has 31 heavy (non-hydrogen) atoms. The molecule has 0 radical (unpaired) electrons. The lowest BCUT2D eigenvalue weighted by Gasteiger charge is -2.21. The van der Waals surface area contributed by atoms with E-state index in [-0.39, 0.29) is 6.54 Å². The summed E-state index contributed by atoms with van der Waals surface area (Å²) in [6.07, 6.45) is -0.751. The summed E-state index contributed by atoms with van der Waals surface area (Å²) in [7, 11) is 0. The lowest BCUT2D eigenvalue weighted by molar-refractivity contribution is -0.131.